The lowest BCUT2D eigenvalue weighted by atomic mass is 9.90. The Morgan fingerprint density at radius 2 is 1.74 bits per heavy atom. The molecule has 27 heavy (non-hydrogen) atoms. The van der Waals surface area contributed by atoms with Gasteiger partial charge in [-0.15, -0.1) is 11.3 Å². The number of hydrogen-bond donors (Lipinski definition) is 2. The van der Waals surface area contributed by atoms with Gasteiger partial charge in [0, 0.05) is 30.9 Å². The molecule has 0 saturated carbocycles. The van der Waals surface area contributed by atoms with Crippen molar-refractivity contribution in [1.29, 1.82) is 0 Å². The summed E-state index contributed by atoms with van der Waals surface area (Å²) in [6.45, 7) is 1.68. The maximum Gasteiger partial charge on any atom is 0.329 e. The van der Waals surface area contributed by atoms with Crippen molar-refractivity contribution in [3.63, 3.8) is 0 Å². The average Bonchev–Trinajstić information content (AvgIpc) is 3.19. The first-order chi connectivity index (χ1) is 13.1. The maximum absolute atomic E-state index is 12.7. The molecule has 1 aromatic heterocycles. The van der Waals surface area contributed by atoms with Crippen LogP contribution in [-0.2, 0) is 9.53 Å². The molecule has 0 atom stereocenters. The molecule has 142 valence electrons. The number of carbonyl (C=O) groups is 2. The molecule has 0 unspecified atom stereocenters. The van der Waals surface area contributed by atoms with E-state index in [1.807, 2.05) is 24.3 Å². The Morgan fingerprint density at radius 1 is 1.00 bits per heavy atom. The SMILES string of the molecule is O=C(NC1(C(=O)O)CCOCC1)c1ccc(-c2ccc3c(c2)OCCO3)s1. The summed E-state index contributed by atoms with van der Waals surface area (Å²) in [6, 6.07) is 9.21. The molecule has 2 N–H and O–H groups in total. The number of fused-ring (bicyclic) bond motifs is 1. The number of thiophene rings is 1. The van der Waals surface area contributed by atoms with Crippen LogP contribution in [0.2, 0.25) is 0 Å². The van der Waals surface area contributed by atoms with Gasteiger partial charge in [0.05, 0.1) is 4.88 Å². The first-order valence-corrected chi connectivity index (χ1v) is 9.53. The highest BCUT2D eigenvalue weighted by atomic mass is 32.1. The average molecular weight is 389 g/mol. The van der Waals surface area contributed by atoms with Gasteiger partial charge in [0.2, 0.25) is 0 Å². The molecule has 0 aliphatic carbocycles. The number of ether oxygens (including phenoxy) is 3. The Bertz CT molecular complexity index is 871. The number of carbonyl (C=O) groups excluding carboxylic acids is 1. The molecule has 3 heterocycles. The van der Waals surface area contributed by atoms with Crippen molar-refractivity contribution >= 4 is 23.2 Å². The first kappa shape index (κ1) is 17.8. The molecule has 1 aromatic carbocycles. The van der Waals surface area contributed by atoms with E-state index in [4.69, 9.17) is 14.2 Å². The largest absolute Gasteiger partial charge is 0.486 e. The van der Waals surface area contributed by atoms with Gasteiger partial charge in [0.15, 0.2) is 11.5 Å². The van der Waals surface area contributed by atoms with Crippen LogP contribution in [0.5, 0.6) is 11.5 Å². The van der Waals surface area contributed by atoms with Crippen LogP contribution in [-0.4, -0.2) is 48.9 Å². The molecule has 1 fully saturated rings. The Labute approximate surface area is 159 Å². The highest BCUT2D eigenvalue weighted by Crippen LogP contribution is 2.37. The highest BCUT2D eigenvalue weighted by Gasteiger charge is 2.42. The minimum Gasteiger partial charge on any atom is -0.486 e. The Kier molecular flexibility index (Phi) is 4.75. The topological polar surface area (TPSA) is 94.1 Å². The van der Waals surface area contributed by atoms with Gasteiger partial charge < -0.3 is 24.6 Å². The second-order valence-electron chi connectivity index (χ2n) is 6.48. The normalized spacial score (nSPS) is 17.9. The number of nitrogens with one attached hydrogen (secondary N) is 1. The molecule has 1 saturated heterocycles. The molecular formula is C19H19NO6S. The molecule has 0 radical (unpaired) electrons. The third kappa shape index (κ3) is 3.50. The predicted octanol–water partition coefficient (Wildman–Crippen LogP) is 2.55. The molecule has 1 amide bonds. The van der Waals surface area contributed by atoms with Crippen LogP contribution in [0.15, 0.2) is 30.3 Å². The summed E-state index contributed by atoms with van der Waals surface area (Å²) in [4.78, 5) is 25.7. The van der Waals surface area contributed by atoms with Crippen molar-refractivity contribution in [2.45, 2.75) is 18.4 Å². The van der Waals surface area contributed by atoms with Gasteiger partial charge in [-0.1, -0.05) is 0 Å². The van der Waals surface area contributed by atoms with Crippen LogP contribution in [0.1, 0.15) is 22.5 Å². The Balaban J connectivity index is 1.53. The molecule has 2 aromatic rings. The Hall–Kier alpha value is -2.58. The number of carboxylic acids is 1. The van der Waals surface area contributed by atoms with Crippen LogP contribution >= 0.6 is 11.3 Å². The first-order valence-electron chi connectivity index (χ1n) is 8.71. The fourth-order valence-electron chi connectivity index (χ4n) is 3.20. The third-order valence-electron chi connectivity index (χ3n) is 4.77. The minimum atomic E-state index is -1.27. The van der Waals surface area contributed by atoms with Crippen LogP contribution in [0.3, 0.4) is 0 Å². The Morgan fingerprint density at radius 3 is 2.48 bits per heavy atom. The fourth-order valence-corrected chi connectivity index (χ4v) is 4.10. The van der Waals surface area contributed by atoms with Gasteiger partial charge in [-0.05, 0) is 35.9 Å². The lowest BCUT2D eigenvalue weighted by molar-refractivity contribution is -0.148. The lowest BCUT2D eigenvalue weighted by Crippen LogP contribution is -2.57. The van der Waals surface area contributed by atoms with Gasteiger partial charge in [0.25, 0.3) is 5.91 Å². The molecule has 8 heteroatoms. The predicted molar refractivity (Wildman–Crippen MR) is 98.6 cm³/mol. The smallest absolute Gasteiger partial charge is 0.329 e. The van der Waals surface area contributed by atoms with Gasteiger partial charge >= 0.3 is 5.97 Å². The van der Waals surface area contributed by atoms with Crippen LogP contribution in [0.25, 0.3) is 10.4 Å². The standard InChI is InChI=1S/C19H19NO6S/c21-17(20-19(18(22)23)5-7-24-8-6-19)16-4-3-15(27-16)12-1-2-13-14(11-12)26-10-9-25-13/h1-4,11H,5-10H2,(H,20,21)(H,22,23). The summed E-state index contributed by atoms with van der Waals surface area (Å²) >= 11 is 1.31. The van der Waals surface area contributed by atoms with Crippen molar-refractivity contribution < 1.29 is 28.9 Å². The number of rotatable bonds is 4. The minimum absolute atomic E-state index is 0.258. The fraction of sp³-hybridized carbons (Fsp3) is 0.368. The number of carboxylic acid groups (broad SMARTS) is 1. The number of benzene rings is 1. The molecule has 2 aliphatic rings. The van der Waals surface area contributed by atoms with Gasteiger partial charge in [-0.25, -0.2) is 4.79 Å². The van der Waals surface area contributed by atoms with Crippen molar-refractivity contribution in [2.75, 3.05) is 26.4 Å². The quantitative estimate of drug-likeness (QED) is 0.835. The van der Waals surface area contributed by atoms with Crippen molar-refractivity contribution in [3.05, 3.63) is 35.2 Å². The van der Waals surface area contributed by atoms with Crippen LogP contribution in [0, 0.1) is 0 Å². The maximum atomic E-state index is 12.7. The zero-order valence-electron chi connectivity index (χ0n) is 14.5. The lowest BCUT2D eigenvalue weighted by Gasteiger charge is -2.33. The zero-order chi connectivity index (χ0) is 18.9. The van der Waals surface area contributed by atoms with E-state index in [0.717, 1.165) is 10.4 Å². The van der Waals surface area contributed by atoms with E-state index >= 15 is 0 Å². The van der Waals surface area contributed by atoms with E-state index in [9.17, 15) is 14.7 Å². The second-order valence-corrected chi connectivity index (χ2v) is 7.56. The van der Waals surface area contributed by atoms with E-state index in [0.29, 0.717) is 42.8 Å². The van der Waals surface area contributed by atoms with Crippen molar-refractivity contribution in [2.24, 2.45) is 0 Å². The van der Waals surface area contributed by atoms with Gasteiger partial charge in [0.1, 0.15) is 18.8 Å². The summed E-state index contributed by atoms with van der Waals surface area (Å²) < 4.78 is 16.4. The number of amides is 1. The van der Waals surface area contributed by atoms with E-state index in [1.165, 1.54) is 11.3 Å². The molecule has 0 spiro atoms. The van der Waals surface area contributed by atoms with E-state index in [-0.39, 0.29) is 18.7 Å². The molecule has 0 bridgehead atoms. The molecule has 7 nitrogen and oxygen atoms in total. The zero-order valence-corrected chi connectivity index (χ0v) is 15.3. The van der Waals surface area contributed by atoms with Gasteiger partial charge in [-0.2, -0.15) is 0 Å². The second kappa shape index (κ2) is 7.21. The number of aliphatic carboxylic acids is 1. The summed E-state index contributed by atoms with van der Waals surface area (Å²) in [5, 5.41) is 12.3. The van der Waals surface area contributed by atoms with E-state index < -0.39 is 11.5 Å². The summed E-state index contributed by atoms with van der Waals surface area (Å²) in [7, 11) is 0. The van der Waals surface area contributed by atoms with Crippen molar-refractivity contribution in [1.82, 2.24) is 5.32 Å². The molecule has 2 aliphatic heterocycles. The highest BCUT2D eigenvalue weighted by molar-refractivity contribution is 7.17. The summed E-state index contributed by atoms with van der Waals surface area (Å²) in [5.41, 5.74) is -0.349. The van der Waals surface area contributed by atoms with Gasteiger partial charge in [-0.3, -0.25) is 4.79 Å². The van der Waals surface area contributed by atoms with E-state index in [1.54, 1.807) is 6.07 Å². The van der Waals surface area contributed by atoms with Crippen LogP contribution < -0.4 is 14.8 Å². The molecular weight excluding hydrogens is 370 g/mol. The number of hydrogen-bond acceptors (Lipinski definition) is 6. The van der Waals surface area contributed by atoms with Crippen LogP contribution in [0.4, 0.5) is 0 Å². The van der Waals surface area contributed by atoms with E-state index in [2.05, 4.69) is 5.32 Å². The third-order valence-corrected chi connectivity index (χ3v) is 5.90. The molecule has 4 rings (SSSR count). The summed E-state index contributed by atoms with van der Waals surface area (Å²) in [6.07, 6.45) is 0.517. The summed E-state index contributed by atoms with van der Waals surface area (Å²) in [5.74, 6) is -0.0107. The van der Waals surface area contributed by atoms with Crippen molar-refractivity contribution in [3.8, 4) is 21.9 Å². The monoisotopic (exact) mass is 389 g/mol.